The quantitative estimate of drug-likeness (QED) is 0.725. The first kappa shape index (κ1) is 10.1. The molecular weight excluding hydrogens is 192 g/mol. The number of rotatable bonds is 1. The maximum Gasteiger partial charge on any atom is 0.255 e. The Morgan fingerprint density at radius 3 is 3.20 bits per heavy atom. The maximum atomic E-state index is 11.9. The average molecular weight is 205 g/mol. The third kappa shape index (κ3) is 2.33. The standard InChI is InChI=1S/C11H13N2O2/c14-10-4-2-6-13(8-10)11(15)9-3-1-5-12-7-9/h1,3,7,10,14H,2,4,6,8H2. The van der Waals surface area contributed by atoms with Gasteiger partial charge >= 0.3 is 0 Å². The Balaban J connectivity index is 2.08. The predicted octanol–water partition coefficient (Wildman–Crippen LogP) is 0.479. The first-order valence-electron chi connectivity index (χ1n) is 5.07. The number of hydrogen-bond donors (Lipinski definition) is 1. The number of carbonyl (C=O) groups is 1. The molecule has 1 aliphatic heterocycles. The van der Waals surface area contributed by atoms with E-state index in [4.69, 9.17) is 0 Å². The average Bonchev–Trinajstić information content (AvgIpc) is 2.29. The van der Waals surface area contributed by atoms with Crippen LogP contribution in [-0.4, -0.2) is 40.1 Å². The van der Waals surface area contributed by atoms with Crippen LogP contribution >= 0.6 is 0 Å². The molecule has 1 fully saturated rings. The molecule has 4 nitrogen and oxygen atoms in total. The monoisotopic (exact) mass is 205 g/mol. The highest BCUT2D eigenvalue weighted by Gasteiger charge is 2.22. The Hall–Kier alpha value is -1.42. The molecule has 2 heterocycles. The van der Waals surface area contributed by atoms with Crippen molar-refractivity contribution in [1.29, 1.82) is 0 Å². The summed E-state index contributed by atoms with van der Waals surface area (Å²) in [4.78, 5) is 17.4. The molecule has 1 aromatic heterocycles. The molecule has 0 bridgehead atoms. The molecule has 15 heavy (non-hydrogen) atoms. The number of piperidine rings is 1. The van der Waals surface area contributed by atoms with Crippen molar-refractivity contribution in [2.45, 2.75) is 18.9 Å². The number of carbonyl (C=O) groups excluding carboxylic acids is 1. The van der Waals surface area contributed by atoms with Crippen LogP contribution in [0.25, 0.3) is 0 Å². The van der Waals surface area contributed by atoms with Gasteiger partial charge in [-0.05, 0) is 25.0 Å². The Labute approximate surface area is 88.6 Å². The Morgan fingerprint density at radius 2 is 2.53 bits per heavy atom. The van der Waals surface area contributed by atoms with Gasteiger partial charge in [0.05, 0.1) is 17.9 Å². The van der Waals surface area contributed by atoms with Gasteiger partial charge in [-0.3, -0.25) is 9.78 Å². The minimum Gasteiger partial charge on any atom is -0.391 e. The zero-order valence-electron chi connectivity index (χ0n) is 8.39. The SMILES string of the molecule is O=C(c1cc[c]nc1)N1CCCC(O)C1. The van der Waals surface area contributed by atoms with E-state index in [0.29, 0.717) is 18.7 Å². The number of nitrogens with zero attached hydrogens (tertiary/aromatic N) is 2. The summed E-state index contributed by atoms with van der Waals surface area (Å²) in [5, 5.41) is 9.46. The Kier molecular flexibility index (Phi) is 2.97. The molecule has 1 unspecified atom stereocenters. The summed E-state index contributed by atoms with van der Waals surface area (Å²) in [5.41, 5.74) is 0.558. The van der Waals surface area contributed by atoms with Crippen molar-refractivity contribution in [2.75, 3.05) is 13.1 Å². The van der Waals surface area contributed by atoms with Crippen LogP contribution in [0, 0.1) is 6.20 Å². The van der Waals surface area contributed by atoms with Crippen LogP contribution in [0.15, 0.2) is 18.3 Å². The highest BCUT2D eigenvalue weighted by Crippen LogP contribution is 2.12. The highest BCUT2D eigenvalue weighted by atomic mass is 16.3. The summed E-state index contributed by atoms with van der Waals surface area (Å²) in [7, 11) is 0. The fraction of sp³-hybridized carbons (Fsp3) is 0.455. The second-order valence-corrected chi connectivity index (χ2v) is 3.72. The third-order valence-electron chi connectivity index (χ3n) is 2.55. The van der Waals surface area contributed by atoms with E-state index in [9.17, 15) is 9.90 Å². The normalized spacial score (nSPS) is 21.4. The minimum absolute atomic E-state index is 0.0600. The molecule has 79 valence electrons. The van der Waals surface area contributed by atoms with Gasteiger partial charge < -0.3 is 10.0 Å². The van der Waals surface area contributed by atoms with Crippen LogP contribution in [0.1, 0.15) is 23.2 Å². The fourth-order valence-electron chi connectivity index (χ4n) is 1.77. The van der Waals surface area contributed by atoms with Crippen LogP contribution < -0.4 is 0 Å². The molecule has 1 aromatic rings. The zero-order valence-corrected chi connectivity index (χ0v) is 8.39. The van der Waals surface area contributed by atoms with E-state index < -0.39 is 0 Å². The molecule has 1 atom stereocenters. The van der Waals surface area contributed by atoms with Gasteiger partial charge in [0.2, 0.25) is 0 Å². The first-order valence-corrected chi connectivity index (χ1v) is 5.07. The molecule has 1 radical (unpaired) electrons. The lowest BCUT2D eigenvalue weighted by Crippen LogP contribution is -2.42. The zero-order chi connectivity index (χ0) is 10.7. The minimum atomic E-state index is -0.383. The lowest BCUT2D eigenvalue weighted by molar-refractivity contribution is 0.0473. The third-order valence-corrected chi connectivity index (χ3v) is 2.55. The molecule has 0 aromatic carbocycles. The van der Waals surface area contributed by atoms with E-state index in [1.165, 1.54) is 6.20 Å². The summed E-state index contributed by atoms with van der Waals surface area (Å²) in [6, 6.07) is 3.31. The number of aliphatic hydroxyl groups excluding tert-OH is 1. The van der Waals surface area contributed by atoms with E-state index in [1.807, 2.05) is 0 Å². The number of amides is 1. The fourth-order valence-corrected chi connectivity index (χ4v) is 1.77. The molecule has 0 spiro atoms. The molecule has 2 rings (SSSR count). The number of hydrogen-bond acceptors (Lipinski definition) is 3. The number of likely N-dealkylation sites (tertiary alicyclic amines) is 1. The van der Waals surface area contributed by atoms with Gasteiger partial charge in [0.15, 0.2) is 0 Å². The van der Waals surface area contributed by atoms with E-state index in [2.05, 4.69) is 11.2 Å². The summed E-state index contributed by atoms with van der Waals surface area (Å²) in [6.07, 6.45) is 5.39. The smallest absolute Gasteiger partial charge is 0.255 e. The molecule has 4 heteroatoms. The molecule has 0 aliphatic carbocycles. The predicted molar refractivity (Wildman–Crippen MR) is 54.2 cm³/mol. The second kappa shape index (κ2) is 4.40. The van der Waals surface area contributed by atoms with Gasteiger partial charge in [0.25, 0.3) is 5.91 Å². The molecular formula is C11H13N2O2. The molecule has 1 saturated heterocycles. The van der Waals surface area contributed by atoms with Crippen LogP contribution in [0.2, 0.25) is 0 Å². The first-order chi connectivity index (χ1) is 7.27. The highest BCUT2D eigenvalue weighted by molar-refractivity contribution is 5.93. The van der Waals surface area contributed by atoms with Crippen molar-refractivity contribution in [3.05, 3.63) is 30.1 Å². The van der Waals surface area contributed by atoms with Crippen molar-refractivity contribution in [1.82, 2.24) is 9.88 Å². The van der Waals surface area contributed by atoms with Gasteiger partial charge in [0.1, 0.15) is 0 Å². The van der Waals surface area contributed by atoms with Crippen LogP contribution in [0.3, 0.4) is 0 Å². The summed E-state index contributed by atoms with van der Waals surface area (Å²) in [5.74, 6) is -0.0600. The maximum absolute atomic E-state index is 11.9. The van der Waals surface area contributed by atoms with Crippen molar-refractivity contribution in [3.63, 3.8) is 0 Å². The largest absolute Gasteiger partial charge is 0.391 e. The number of aromatic nitrogens is 1. The summed E-state index contributed by atoms with van der Waals surface area (Å²) >= 11 is 0. The van der Waals surface area contributed by atoms with E-state index in [1.54, 1.807) is 17.0 Å². The van der Waals surface area contributed by atoms with Crippen LogP contribution in [0.5, 0.6) is 0 Å². The topological polar surface area (TPSA) is 53.4 Å². The van der Waals surface area contributed by atoms with Crippen molar-refractivity contribution in [2.24, 2.45) is 0 Å². The van der Waals surface area contributed by atoms with Crippen molar-refractivity contribution in [3.8, 4) is 0 Å². The molecule has 0 saturated carbocycles. The number of β-amino-alcohol motifs (C(OH)–C–C–N with tert-alkyl or cyclic N) is 1. The van der Waals surface area contributed by atoms with Gasteiger partial charge in [-0.2, -0.15) is 0 Å². The summed E-state index contributed by atoms with van der Waals surface area (Å²) in [6.45, 7) is 1.14. The lowest BCUT2D eigenvalue weighted by Gasteiger charge is -2.30. The molecule has 1 amide bonds. The van der Waals surface area contributed by atoms with Crippen molar-refractivity contribution < 1.29 is 9.90 Å². The van der Waals surface area contributed by atoms with Gasteiger partial charge in [-0.1, -0.05) is 0 Å². The van der Waals surface area contributed by atoms with Gasteiger partial charge in [-0.25, -0.2) is 0 Å². The summed E-state index contributed by atoms with van der Waals surface area (Å²) < 4.78 is 0. The van der Waals surface area contributed by atoms with Gasteiger partial charge in [-0.15, -0.1) is 0 Å². The Bertz CT molecular complexity index is 340. The second-order valence-electron chi connectivity index (χ2n) is 3.72. The van der Waals surface area contributed by atoms with E-state index in [0.717, 1.165) is 12.8 Å². The lowest BCUT2D eigenvalue weighted by atomic mass is 10.1. The van der Waals surface area contributed by atoms with E-state index in [-0.39, 0.29) is 12.0 Å². The van der Waals surface area contributed by atoms with Crippen LogP contribution in [0.4, 0.5) is 0 Å². The number of pyridine rings is 1. The van der Waals surface area contributed by atoms with Gasteiger partial charge in [0, 0.05) is 19.3 Å². The van der Waals surface area contributed by atoms with Crippen molar-refractivity contribution >= 4 is 5.91 Å². The number of aliphatic hydroxyl groups is 1. The molecule has 1 N–H and O–H groups in total. The Morgan fingerprint density at radius 1 is 1.67 bits per heavy atom. The van der Waals surface area contributed by atoms with Crippen LogP contribution in [-0.2, 0) is 0 Å². The molecule has 1 aliphatic rings. The van der Waals surface area contributed by atoms with E-state index >= 15 is 0 Å².